The third-order valence-corrected chi connectivity index (χ3v) is 4.43. The summed E-state index contributed by atoms with van der Waals surface area (Å²) in [4.78, 5) is 0. The maximum Gasteiger partial charge on any atom is -0.0162 e. The molecule has 17 heavy (non-hydrogen) atoms. The summed E-state index contributed by atoms with van der Waals surface area (Å²) in [5.74, 6) is 1.48. The van der Waals surface area contributed by atoms with Gasteiger partial charge in [0.15, 0.2) is 0 Å². The van der Waals surface area contributed by atoms with Gasteiger partial charge >= 0.3 is 0 Å². The second-order valence-corrected chi connectivity index (χ2v) is 6.04. The van der Waals surface area contributed by atoms with Crippen molar-refractivity contribution >= 4 is 0 Å². The predicted molar refractivity (Wildman–Crippen MR) is 75.8 cm³/mol. The van der Waals surface area contributed by atoms with Crippen molar-refractivity contribution in [2.24, 2.45) is 0 Å². The van der Waals surface area contributed by atoms with Crippen LogP contribution in [0, 0.1) is 13.8 Å². The zero-order valence-corrected chi connectivity index (χ0v) is 11.8. The van der Waals surface area contributed by atoms with Gasteiger partial charge in [-0.2, -0.15) is 0 Å². The molecule has 1 aromatic rings. The van der Waals surface area contributed by atoms with Crippen molar-refractivity contribution in [3.63, 3.8) is 0 Å². The van der Waals surface area contributed by atoms with Crippen LogP contribution < -0.4 is 0 Å². The first-order valence-corrected chi connectivity index (χ1v) is 7.20. The minimum Gasteiger partial charge on any atom is -0.0587 e. The molecular formula is C17H26. The van der Waals surface area contributed by atoms with Gasteiger partial charge in [0.25, 0.3) is 0 Å². The molecule has 1 fully saturated rings. The van der Waals surface area contributed by atoms with Gasteiger partial charge in [0.2, 0.25) is 0 Å². The van der Waals surface area contributed by atoms with Gasteiger partial charge in [0, 0.05) is 0 Å². The van der Waals surface area contributed by atoms with Gasteiger partial charge in [-0.3, -0.25) is 0 Å². The third-order valence-electron chi connectivity index (χ3n) is 4.43. The molecule has 0 aliphatic heterocycles. The molecule has 0 nitrogen and oxygen atoms in total. The van der Waals surface area contributed by atoms with Gasteiger partial charge in [-0.1, -0.05) is 45.2 Å². The largest absolute Gasteiger partial charge is 0.0587 e. The molecule has 0 aromatic heterocycles. The molecule has 1 aliphatic rings. The van der Waals surface area contributed by atoms with Crippen molar-refractivity contribution in [3.8, 4) is 0 Å². The molecule has 1 saturated carbocycles. The fraction of sp³-hybridized carbons (Fsp3) is 0.647. The highest BCUT2D eigenvalue weighted by atomic mass is 14.2. The fourth-order valence-corrected chi connectivity index (χ4v) is 3.19. The Hall–Kier alpha value is -0.780. The Morgan fingerprint density at radius 1 is 1.00 bits per heavy atom. The van der Waals surface area contributed by atoms with Crippen LogP contribution in [0.3, 0.4) is 0 Å². The molecular weight excluding hydrogens is 204 g/mol. The number of benzene rings is 1. The van der Waals surface area contributed by atoms with E-state index in [-0.39, 0.29) is 0 Å². The topological polar surface area (TPSA) is 0 Å². The first-order chi connectivity index (χ1) is 8.09. The Labute approximate surface area is 106 Å². The molecule has 0 heteroatoms. The third kappa shape index (κ3) is 2.73. The van der Waals surface area contributed by atoms with Gasteiger partial charge in [-0.05, 0) is 60.8 Å². The van der Waals surface area contributed by atoms with Crippen molar-refractivity contribution in [1.82, 2.24) is 0 Å². The lowest BCUT2D eigenvalue weighted by Crippen LogP contribution is -2.07. The molecule has 2 rings (SSSR count). The van der Waals surface area contributed by atoms with Crippen LogP contribution in [0.25, 0.3) is 0 Å². The number of aryl methyl sites for hydroxylation is 1. The number of hydrogen-bond donors (Lipinski definition) is 0. The van der Waals surface area contributed by atoms with Crippen molar-refractivity contribution in [2.75, 3.05) is 0 Å². The van der Waals surface area contributed by atoms with Crippen molar-refractivity contribution in [1.29, 1.82) is 0 Å². The summed E-state index contributed by atoms with van der Waals surface area (Å²) < 4.78 is 0. The van der Waals surface area contributed by atoms with E-state index in [9.17, 15) is 0 Å². The van der Waals surface area contributed by atoms with E-state index in [0.717, 1.165) is 5.92 Å². The number of rotatable bonds is 2. The summed E-state index contributed by atoms with van der Waals surface area (Å²) in [6.07, 6.45) is 7.10. The maximum absolute atomic E-state index is 2.49. The molecule has 1 aliphatic carbocycles. The maximum atomic E-state index is 2.49. The van der Waals surface area contributed by atoms with E-state index in [1.165, 1.54) is 43.2 Å². The smallest absolute Gasteiger partial charge is 0.0162 e. The van der Waals surface area contributed by atoms with Gasteiger partial charge in [-0.15, -0.1) is 0 Å². The molecule has 0 radical (unpaired) electrons. The first-order valence-electron chi connectivity index (χ1n) is 7.20. The average molecular weight is 230 g/mol. The minimum atomic E-state index is 0.650. The number of hydrogen-bond acceptors (Lipinski definition) is 0. The lowest BCUT2D eigenvalue weighted by atomic mass is 9.81. The molecule has 0 atom stereocenters. The summed E-state index contributed by atoms with van der Waals surface area (Å²) >= 11 is 0. The zero-order valence-electron chi connectivity index (χ0n) is 11.8. The lowest BCUT2D eigenvalue weighted by molar-refractivity contribution is 0.443. The van der Waals surface area contributed by atoms with Gasteiger partial charge in [0.05, 0.1) is 0 Å². The molecule has 0 saturated heterocycles. The summed E-state index contributed by atoms with van der Waals surface area (Å²) in [6, 6.07) is 4.93. The van der Waals surface area contributed by atoms with Crippen LogP contribution >= 0.6 is 0 Å². The van der Waals surface area contributed by atoms with Crippen LogP contribution in [-0.4, -0.2) is 0 Å². The molecule has 0 amide bonds. The Bertz CT molecular complexity index is 381. The van der Waals surface area contributed by atoms with Crippen LogP contribution in [0.15, 0.2) is 12.1 Å². The second-order valence-electron chi connectivity index (χ2n) is 6.04. The fourth-order valence-electron chi connectivity index (χ4n) is 3.19. The van der Waals surface area contributed by atoms with Crippen LogP contribution in [0.4, 0.5) is 0 Å². The van der Waals surface area contributed by atoms with E-state index in [0.29, 0.717) is 5.92 Å². The van der Waals surface area contributed by atoms with E-state index in [1.807, 2.05) is 0 Å². The van der Waals surface area contributed by atoms with Crippen LogP contribution in [0.5, 0.6) is 0 Å². The van der Waals surface area contributed by atoms with Gasteiger partial charge < -0.3 is 0 Å². The van der Waals surface area contributed by atoms with Gasteiger partial charge in [0.1, 0.15) is 0 Å². The van der Waals surface area contributed by atoms with E-state index in [1.54, 1.807) is 11.1 Å². The SMILES string of the molecule is Cc1cc(C2CCCCC2)cc(C(C)C)c1C. The first kappa shape index (κ1) is 12.7. The molecule has 0 heterocycles. The van der Waals surface area contributed by atoms with E-state index < -0.39 is 0 Å². The molecule has 94 valence electrons. The normalized spacial score (nSPS) is 17.7. The Balaban J connectivity index is 2.34. The average Bonchev–Trinajstić information content (AvgIpc) is 2.33. The lowest BCUT2D eigenvalue weighted by Gasteiger charge is -2.24. The van der Waals surface area contributed by atoms with Crippen LogP contribution in [0.1, 0.15) is 80.0 Å². The Morgan fingerprint density at radius 2 is 1.65 bits per heavy atom. The van der Waals surface area contributed by atoms with E-state index >= 15 is 0 Å². The van der Waals surface area contributed by atoms with Gasteiger partial charge in [-0.25, -0.2) is 0 Å². The highest BCUT2D eigenvalue weighted by molar-refractivity contribution is 5.40. The molecule has 0 N–H and O–H groups in total. The van der Waals surface area contributed by atoms with Crippen LogP contribution in [-0.2, 0) is 0 Å². The summed E-state index contributed by atoms with van der Waals surface area (Å²) in [5, 5.41) is 0. The Kier molecular flexibility index (Phi) is 3.91. The molecule has 1 aromatic carbocycles. The van der Waals surface area contributed by atoms with E-state index in [4.69, 9.17) is 0 Å². The summed E-state index contributed by atoms with van der Waals surface area (Å²) in [7, 11) is 0. The molecule has 0 unspecified atom stereocenters. The standard InChI is InChI=1S/C17H26/c1-12(2)17-11-16(10-13(3)14(17)4)15-8-6-5-7-9-15/h10-12,15H,5-9H2,1-4H3. The Morgan fingerprint density at radius 3 is 2.24 bits per heavy atom. The van der Waals surface area contributed by atoms with Crippen LogP contribution in [0.2, 0.25) is 0 Å². The monoisotopic (exact) mass is 230 g/mol. The summed E-state index contributed by atoms with van der Waals surface area (Å²) in [6.45, 7) is 9.17. The summed E-state index contributed by atoms with van der Waals surface area (Å²) in [5.41, 5.74) is 6.15. The highest BCUT2D eigenvalue weighted by Crippen LogP contribution is 2.35. The quantitative estimate of drug-likeness (QED) is 0.631. The second kappa shape index (κ2) is 5.25. The zero-order chi connectivity index (χ0) is 12.4. The van der Waals surface area contributed by atoms with Crippen molar-refractivity contribution in [3.05, 3.63) is 34.4 Å². The predicted octanol–water partition coefficient (Wildman–Crippen LogP) is 5.47. The highest BCUT2D eigenvalue weighted by Gasteiger charge is 2.17. The van der Waals surface area contributed by atoms with Crippen molar-refractivity contribution < 1.29 is 0 Å². The van der Waals surface area contributed by atoms with Crippen molar-refractivity contribution in [2.45, 2.75) is 71.6 Å². The molecule has 0 bridgehead atoms. The van der Waals surface area contributed by atoms with E-state index in [2.05, 4.69) is 39.8 Å². The molecule has 0 spiro atoms. The minimum absolute atomic E-state index is 0.650.